The molecule has 0 aromatic carbocycles. The van der Waals surface area contributed by atoms with Crippen LogP contribution in [0.2, 0.25) is 0 Å². The minimum absolute atomic E-state index is 0.287. The van der Waals surface area contributed by atoms with E-state index in [9.17, 15) is 0 Å². The second-order valence-electron chi connectivity index (χ2n) is 5.24. The molecule has 0 spiro atoms. The molecule has 1 heterocycles. The van der Waals surface area contributed by atoms with E-state index < -0.39 is 0 Å². The van der Waals surface area contributed by atoms with E-state index in [0.717, 1.165) is 32.7 Å². The van der Waals surface area contributed by atoms with Crippen LogP contribution in [0, 0.1) is 16.7 Å². The van der Waals surface area contributed by atoms with E-state index in [1.807, 2.05) is 13.8 Å². The monoisotopic (exact) mass is 225 g/mol. The van der Waals surface area contributed by atoms with Crippen LogP contribution in [-0.4, -0.2) is 38.4 Å². The topological polar surface area (TPSA) is 57.1 Å². The fourth-order valence-corrected chi connectivity index (χ4v) is 1.75. The Labute approximate surface area is 98.4 Å². The molecule has 1 aliphatic rings. The standard InChI is InChI=1S/C12H23N3O/c1-10(15-9-12(2,3)8-13)6-11-7-16-5-4-14-11/h10-11,14-15H,4-7,9H2,1-3H3. The predicted molar refractivity (Wildman–Crippen MR) is 64.1 cm³/mol. The van der Waals surface area contributed by atoms with Gasteiger partial charge in [-0.05, 0) is 27.2 Å². The van der Waals surface area contributed by atoms with Crippen LogP contribution < -0.4 is 10.6 Å². The number of nitriles is 1. The second kappa shape index (κ2) is 6.19. The lowest BCUT2D eigenvalue weighted by atomic mass is 9.95. The Morgan fingerprint density at radius 3 is 2.94 bits per heavy atom. The van der Waals surface area contributed by atoms with Crippen LogP contribution in [-0.2, 0) is 4.74 Å². The van der Waals surface area contributed by atoms with Gasteiger partial charge in [0.1, 0.15) is 0 Å². The molecule has 16 heavy (non-hydrogen) atoms. The van der Waals surface area contributed by atoms with Crippen molar-refractivity contribution in [2.24, 2.45) is 5.41 Å². The van der Waals surface area contributed by atoms with Gasteiger partial charge in [-0.2, -0.15) is 5.26 Å². The van der Waals surface area contributed by atoms with Gasteiger partial charge in [-0.25, -0.2) is 0 Å². The molecule has 0 bridgehead atoms. The van der Waals surface area contributed by atoms with Crippen molar-refractivity contribution in [3.8, 4) is 6.07 Å². The van der Waals surface area contributed by atoms with E-state index in [-0.39, 0.29) is 5.41 Å². The molecule has 0 aromatic rings. The van der Waals surface area contributed by atoms with E-state index >= 15 is 0 Å². The molecule has 0 saturated carbocycles. The fraction of sp³-hybridized carbons (Fsp3) is 0.917. The van der Waals surface area contributed by atoms with Crippen LogP contribution in [0.5, 0.6) is 0 Å². The van der Waals surface area contributed by atoms with Gasteiger partial charge in [0.2, 0.25) is 0 Å². The van der Waals surface area contributed by atoms with E-state index in [1.165, 1.54) is 0 Å². The largest absolute Gasteiger partial charge is 0.379 e. The van der Waals surface area contributed by atoms with E-state index in [0.29, 0.717) is 12.1 Å². The summed E-state index contributed by atoms with van der Waals surface area (Å²) in [4.78, 5) is 0. The smallest absolute Gasteiger partial charge is 0.0697 e. The highest BCUT2D eigenvalue weighted by molar-refractivity contribution is 4.94. The number of ether oxygens (including phenoxy) is 1. The van der Waals surface area contributed by atoms with Crippen LogP contribution >= 0.6 is 0 Å². The summed E-state index contributed by atoms with van der Waals surface area (Å²) in [6.45, 7) is 9.36. The summed E-state index contributed by atoms with van der Waals surface area (Å²) in [5.41, 5.74) is -0.287. The summed E-state index contributed by atoms with van der Waals surface area (Å²) in [7, 11) is 0. The minimum atomic E-state index is -0.287. The Balaban J connectivity index is 2.20. The van der Waals surface area contributed by atoms with Crippen molar-refractivity contribution in [1.29, 1.82) is 5.26 Å². The summed E-state index contributed by atoms with van der Waals surface area (Å²) in [6.07, 6.45) is 1.04. The van der Waals surface area contributed by atoms with E-state index in [4.69, 9.17) is 10.00 Å². The molecule has 1 aliphatic heterocycles. The SMILES string of the molecule is CC(CC1COCCN1)NCC(C)(C)C#N. The molecule has 92 valence electrons. The van der Waals surface area contributed by atoms with Gasteiger partial charge < -0.3 is 15.4 Å². The Hall–Kier alpha value is -0.630. The lowest BCUT2D eigenvalue weighted by molar-refractivity contribution is 0.0710. The maximum atomic E-state index is 8.91. The number of morpholine rings is 1. The van der Waals surface area contributed by atoms with Crippen molar-refractivity contribution in [3.05, 3.63) is 0 Å². The molecule has 1 rings (SSSR count). The lowest BCUT2D eigenvalue weighted by Gasteiger charge is -2.28. The molecule has 0 aromatic heterocycles. The van der Waals surface area contributed by atoms with E-state index in [2.05, 4.69) is 23.6 Å². The maximum Gasteiger partial charge on any atom is 0.0697 e. The minimum Gasteiger partial charge on any atom is -0.379 e. The van der Waals surface area contributed by atoms with E-state index in [1.54, 1.807) is 0 Å². The third kappa shape index (κ3) is 4.93. The Bertz CT molecular complexity index is 241. The van der Waals surface area contributed by atoms with Crippen LogP contribution in [0.3, 0.4) is 0 Å². The van der Waals surface area contributed by atoms with Gasteiger partial charge in [-0.3, -0.25) is 0 Å². The number of rotatable bonds is 5. The summed E-state index contributed by atoms with van der Waals surface area (Å²) in [5, 5.41) is 15.7. The molecule has 4 heteroatoms. The first-order chi connectivity index (χ1) is 7.53. The van der Waals surface area contributed by atoms with Crippen molar-refractivity contribution >= 4 is 0 Å². The molecule has 2 atom stereocenters. The molecule has 0 aliphatic carbocycles. The summed E-state index contributed by atoms with van der Waals surface area (Å²) >= 11 is 0. The maximum absolute atomic E-state index is 8.91. The second-order valence-corrected chi connectivity index (χ2v) is 5.24. The average Bonchev–Trinajstić information content (AvgIpc) is 2.28. The fourth-order valence-electron chi connectivity index (χ4n) is 1.75. The number of hydrogen-bond acceptors (Lipinski definition) is 4. The summed E-state index contributed by atoms with van der Waals surface area (Å²) in [5.74, 6) is 0. The third-order valence-electron chi connectivity index (χ3n) is 2.83. The van der Waals surface area contributed by atoms with Crippen LogP contribution in [0.4, 0.5) is 0 Å². The molecule has 1 saturated heterocycles. The molecule has 2 unspecified atom stereocenters. The first-order valence-corrected chi connectivity index (χ1v) is 5.99. The van der Waals surface area contributed by atoms with Gasteiger partial charge in [0.05, 0.1) is 24.7 Å². The van der Waals surface area contributed by atoms with Gasteiger partial charge in [0, 0.05) is 25.2 Å². The van der Waals surface area contributed by atoms with Gasteiger partial charge in [0.15, 0.2) is 0 Å². The Kier molecular flexibility index (Phi) is 5.20. The van der Waals surface area contributed by atoms with Gasteiger partial charge in [-0.1, -0.05) is 0 Å². The molecule has 4 nitrogen and oxygen atoms in total. The first kappa shape index (κ1) is 13.4. The Morgan fingerprint density at radius 2 is 2.38 bits per heavy atom. The third-order valence-corrected chi connectivity index (χ3v) is 2.83. The summed E-state index contributed by atoms with van der Waals surface area (Å²) in [6, 6.07) is 3.15. The van der Waals surface area contributed by atoms with Crippen molar-refractivity contribution in [2.75, 3.05) is 26.3 Å². The zero-order valence-electron chi connectivity index (χ0n) is 10.5. The van der Waals surface area contributed by atoms with Crippen molar-refractivity contribution in [1.82, 2.24) is 10.6 Å². The first-order valence-electron chi connectivity index (χ1n) is 5.99. The highest BCUT2D eigenvalue weighted by Gasteiger charge is 2.20. The van der Waals surface area contributed by atoms with Crippen LogP contribution in [0.1, 0.15) is 27.2 Å². The highest BCUT2D eigenvalue weighted by Crippen LogP contribution is 2.12. The molecular formula is C12H23N3O. The summed E-state index contributed by atoms with van der Waals surface area (Å²) < 4.78 is 5.41. The molecule has 0 radical (unpaired) electrons. The van der Waals surface area contributed by atoms with Gasteiger partial charge >= 0.3 is 0 Å². The van der Waals surface area contributed by atoms with Crippen molar-refractivity contribution < 1.29 is 4.74 Å². The average molecular weight is 225 g/mol. The molecule has 1 fully saturated rings. The quantitative estimate of drug-likeness (QED) is 0.729. The number of hydrogen-bond donors (Lipinski definition) is 2. The number of nitrogens with one attached hydrogen (secondary N) is 2. The van der Waals surface area contributed by atoms with Crippen LogP contribution in [0.15, 0.2) is 0 Å². The number of nitrogens with zero attached hydrogens (tertiary/aromatic N) is 1. The van der Waals surface area contributed by atoms with Crippen molar-refractivity contribution in [2.45, 2.75) is 39.3 Å². The lowest BCUT2D eigenvalue weighted by Crippen LogP contribution is -2.46. The predicted octanol–water partition coefficient (Wildman–Crippen LogP) is 0.893. The normalized spacial score (nSPS) is 23.8. The Morgan fingerprint density at radius 1 is 1.62 bits per heavy atom. The van der Waals surface area contributed by atoms with Gasteiger partial charge in [-0.15, -0.1) is 0 Å². The molecule has 0 amide bonds. The van der Waals surface area contributed by atoms with Gasteiger partial charge in [0.25, 0.3) is 0 Å². The van der Waals surface area contributed by atoms with Crippen LogP contribution in [0.25, 0.3) is 0 Å². The molecule has 2 N–H and O–H groups in total. The highest BCUT2D eigenvalue weighted by atomic mass is 16.5. The zero-order valence-corrected chi connectivity index (χ0v) is 10.5. The zero-order chi connectivity index (χ0) is 12.0. The van der Waals surface area contributed by atoms with Crippen molar-refractivity contribution in [3.63, 3.8) is 0 Å². The molecular weight excluding hydrogens is 202 g/mol.